The highest BCUT2D eigenvalue weighted by Crippen LogP contribution is 2.35. The topological polar surface area (TPSA) is 61.7 Å². The zero-order chi connectivity index (χ0) is 18.9. The van der Waals surface area contributed by atoms with E-state index < -0.39 is 0 Å². The van der Waals surface area contributed by atoms with Crippen LogP contribution in [0.2, 0.25) is 0 Å². The Morgan fingerprint density at radius 3 is 2.62 bits per heavy atom. The number of carbonyl (C=O) groups is 2. The molecule has 2 saturated heterocycles. The summed E-state index contributed by atoms with van der Waals surface area (Å²) in [5.41, 5.74) is 0.999. The minimum atomic E-state index is -0.170. The molecule has 0 saturated carbocycles. The number of likely N-dealkylation sites (tertiary alicyclic amines) is 1. The van der Waals surface area contributed by atoms with Crippen LogP contribution in [0, 0.1) is 11.3 Å². The number of rotatable bonds is 4. The summed E-state index contributed by atoms with van der Waals surface area (Å²) < 4.78 is 1.81. The SMILES string of the molecule is CCN1C[C@]2(CC1=O)CN(Cc1cnn(C)c1)CCN(C(=O)C(C)C)C2. The molecular formula is C19H31N5O2. The van der Waals surface area contributed by atoms with Crippen LogP contribution in [-0.4, -0.2) is 75.6 Å². The standard InChI is InChI=1S/C19H31N5O2/c1-5-23-13-19(8-17(23)25)12-22(11-16-9-20-21(4)10-16)6-7-24(14-19)18(26)15(2)3/h9-10,15H,5-8,11-14H2,1-4H3/t19-/m0/s1. The van der Waals surface area contributed by atoms with Crippen molar-refractivity contribution in [3.8, 4) is 0 Å². The smallest absolute Gasteiger partial charge is 0.225 e. The van der Waals surface area contributed by atoms with Crippen molar-refractivity contribution in [1.82, 2.24) is 24.5 Å². The third-order valence-corrected chi connectivity index (χ3v) is 5.53. The molecule has 26 heavy (non-hydrogen) atoms. The van der Waals surface area contributed by atoms with E-state index in [-0.39, 0.29) is 23.1 Å². The van der Waals surface area contributed by atoms with Gasteiger partial charge in [-0.2, -0.15) is 5.10 Å². The maximum Gasteiger partial charge on any atom is 0.225 e. The number of nitrogens with zero attached hydrogens (tertiary/aromatic N) is 5. The Morgan fingerprint density at radius 2 is 2.04 bits per heavy atom. The van der Waals surface area contributed by atoms with Crippen molar-refractivity contribution in [1.29, 1.82) is 0 Å². The first kappa shape index (κ1) is 18.9. The number of aromatic nitrogens is 2. The van der Waals surface area contributed by atoms with E-state index in [1.807, 2.05) is 54.7 Å². The molecule has 0 bridgehead atoms. The average molecular weight is 361 g/mol. The molecule has 0 aliphatic carbocycles. The average Bonchev–Trinajstić information content (AvgIpc) is 3.07. The first-order valence-electron chi connectivity index (χ1n) is 9.58. The second-order valence-electron chi connectivity index (χ2n) is 8.23. The fourth-order valence-electron chi connectivity index (χ4n) is 4.33. The van der Waals surface area contributed by atoms with E-state index in [0.29, 0.717) is 13.0 Å². The fraction of sp³-hybridized carbons (Fsp3) is 0.737. The second-order valence-corrected chi connectivity index (χ2v) is 8.23. The fourth-order valence-corrected chi connectivity index (χ4v) is 4.33. The highest BCUT2D eigenvalue weighted by molar-refractivity contribution is 5.81. The molecule has 0 unspecified atom stereocenters. The van der Waals surface area contributed by atoms with Gasteiger partial charge in [0.2, 0.25) is 11.8 Å². The molecule has 3 rings (SSSR count). The van der Waals surface area contributed by atoms with E-state index in [9.17, 15) is 9.59 Å². The molecule has 7 nitrogen and oxygen atoms in total. The molecule has 1 spiro atoms. The number of hydrogen-bond donors (Lipinski definition) is 0. The molecule has 0 radical (unpaired) electrons. The third-order valence-electron chi connectivity index (χ3n) is 5.53. The van der Waals surface area contributed by atoms with E-state index in [1.165, 1.54) is 5.56 Å². The number of hydrogen-bond acceptors (Lipinski definition) is 4. The van der Waals surface area contributed by atoms with Gasteiger partial charge >= 0.3 is 0 Å². The monoisotopic (exact) mass is 361 g/mol. The van der Waals surface area contributed by atoms with E-state index in [0.717, 1.165) is 39.3 Å². The molecular weight excluding hydrogens is 330 g/mol. The van der Waals surface area contributed by atoms with Crippen LogP contribution in [0.25, 0.3) is 0 Å². The van der Waals surface area contributed by atoms with Gasteiger partial charge in [0, 0.05) is 82.4 Å². The van der Waals surface area contributed by atoms with Crippen molar-refractivity contribution >= 4 is 11.8 Å². The van der Waals surface area contributed by atoms with Gasteiger partial charge in [0.25, 0.3) is 0 Å². The van der Waals surface area contributed by atoms with Crippen LogP contribution in [0.5, 0.6) is 0 Å². The van der Waals surface area contributed by atoms with Crippen LogP contribution in [0.3, 0.4) is 0 Å². The molecule has 144 valence electrons. The van der Waals surface area contributed by atoms with Crippen LogP contribution in [0.15, 0.2) is 12.4 Å². The van der Waals surface area contributed by atoms with Crippen LogP contribution in [0.4, 0.5) is 0 Å². The Balaban J connectivity index is 1.82. The number of carbonyl (C=O) groups excluding carboxylic acids is 2. The molecule has 1 aromatic heterocycles. The zero-order valence-corrected chi connectivity index (χ0v) is 16.4. The zero-order valence-electron chi connectivity index (χ0n) is 16.4. The Hall–Kier alpha value is -1.89. The third kappa shape index (κ3) is 3.92. The maximum absolute atomic E-state index is 12.7. The quantitative estimate of drug-likeness (QED) is 0.801. The van der Waals surface area contributed by atoms with Crippen LogP contribution in [0.1, 0.15) is 32.8 Å². The summed E-state index contributed by atoms with van der Waals surface area (Å²) in [6.45, 7) is 11.3. The normalized spacial score (nSPS) is 24.7. The molecule has 2 aliphatic rings. The van der Waals surface area contributed by atoms with Gasteiger partial charge < -0.3 is 9.80 Å². The van der Waals surface area contributed by atoms with Gasteiger partial charge in [-0.1, -0.05) is 13.8 Å². The lowest BCUT2D eigenvalue weighted by molar-refractivity contribution is -0.135. The number of aryl methyl sites for hydroxylation is 1. The minimum Gasteiger partial charge on any atom is -0.342 e. The maximum atomic E-state index is 12.7. The van der Waals surface area contributed by atoms with Crippen molar-refractivity contribution in [3.05, 3.63) is 18.0 Å². The molecule has 1 aromatic rings. The highest BCUT2D eigenvalue weighted by Gasteiger charge is 2.46. The largest absolute Gasteiger partial charge is 0.342 e. The van der Waals surface area contributed by atoms with E-state index in [4.69, 9.17) is 0 Å². The van der Waals surface area contributed by atoms with E-state index in [2.05, 4.69) is 10.00 Å². The number of amides is 2. The van der Waals surface area contributed by atoms with E-state index in [1.54, 1.807) is 0 Å². The van der Waals surface area contributed by atoms with Gasteiger partial charge in [-0.05, 0) is 6.92 Å². The summed E-state index contributed by atoms with van der Waals surface area (Å²) >= 11 is 0. The van der Waals surface area contributed by atoms with Crippen LogP contribution >= 0.6 is 0 Å². The highest BCUT2D eigenvalue weighted by atomic mass is 16.2. The first-order chi connectivity index (χ1) is 12.3. The van der Waals surface area contributed by atoms with Crippen molar-refractivity contribution in [2.24, 2.45) is 18.4 Å². The summed E-state index contributed by atoms with van der Waals surface area (Å²) in [5, 5.41) is 4.26. The minimum absolute atomic E-state index is 0.0173. The molecule has 1 atom stereocenters. The summed E-state index contributed by atoms with van der Waals surface area (Å²) in [5.74, 6) is 0.388. The van der Waals surface area contributed by atoms with Crippen LogP contribution in [-0.2, 0) is 23.2 Å². The van der Waals surface area contributed by atoms with Gasteiger partial charge in [-0.15, -0.1) is 0 Å². The van der Waals surface area contributed by atoms with Gasteiger partial charge in [0.15, 0.2) is 0 Å². The van der Waals surface area contributed by atoms with Crippen molar-refractivity contribution in [2.45, 2.75) is 33.7 Å². The molecule has 2 aliphatic heterocycles. The molecule has 0 N–H and O–H groups in total. The molecule has 2 fully saturated rings. The van der Waals surface area contributed by atoms with Crippen molar-refractivity contribution in [2.75, 3.05) is 39.3 Å². The second kappa shape index (κ2) is 7.39. The first-order valence-corrected chi connectivity index (χ1v) is 9.58. The van der Waals surface area contributed by atoms with E-state index >= 15 is 0 Å². The van der Waals surface area contributed by atoms with Crippen molar-refractivity contribution in [3.63, 3.8) is 0 Å². The van der Waals surface area contributed by atoms with Crippen molar-refractivity contribution < 1.29 is 9.59 Å². The lowest BCUT2D eigenvalue weighted by Crippen LogP contribution is -2.45. The van der Waals surface area contributed by atoms with Gasteiger partial charge in [-0.3, -0.25) is 19.2 Å². The van der Waals surface area contributed by atoms with Crippen LogP contribution < -0.4 is 0 Å². The lowest BCUT2D eigenvalue weighted by Gasteiger charge is -2.34. The Bertz CT molecular complexity index is 671. The Kier molecular flexibility index (Phi) is 5.37. The summed E-state index contributed by atoms with van der Waals surface area (Å²) in [4.78, 5) is 31.5. The summed E-state index contributed by atoms with van der Waals surface area (Å²) in [6, 6.07) is 0. The molecule has 2 amide bonds. The van der Waals surface area contributed by atoms with Gasteiger partial charge in [0.05, 0.1) is 6.20 Å². The molecule has 7 heteroatoms. The summed E-state index contributed by atoms with van der Waals surface area (Å²) in [6.07, 6.45) is 4.46. The predicted molar refractivity (Wildman–Crippen MR) is 99.2 cm³/mol. The van der Waals surface area contributed by atoms with Gasteiger partial charge in [0.1, 0.15) is 0 Å². The molecule has 3 heterocycles. The summed E-state index contributed by atoms with van der Waals surface area (Å²) in [7, 11) is 1.92. The lowest BCUT2D eigenvalue weighted by atomic mass is 9.85. The Morgan fingerprint density at radius 1 is 1.27 bits per heavy atom. The van der Waals surface area contributed by atoms with Gasteiger partial charge in [-0.25, -0.2) is 0 Å². The molecule has 0 aromatic carbocycles. The Labute approximate surface area is 155 Å². The predicted octanol–water partition coefficient (Wildman–Crippen LogP) is 0.959.